The number of nitrogens with zero attached hydrogens (tertiary/aromatic N) is 3. The molecule has 0 unspecified atom stereocenters. The van der Waals surface area contributed by atoms with Crippen LogP contribution in [0.2, 0.25) is 10.0 Å². The Labute approximate surface area is 257 Å². The van der Waals surface area contributed by atoms with Crippen molar-refractivity contribution in [2.75, 3.05) is 45.9 Å². The monoisotopic (exact) mass is 615 g/mol. The molecule has 226 valence electrons. The fraction of sp³-hybridized carbons (Fsp3) is 0.531. The van der Waals surface area contributed by atoms with Crippen molar-refractivity contribution in [3.8, 4) is 11.1 Å². The second kappa shape index (κ2) is 12.8. The molecule has 0 radical (unpaired) electrons. The van der Waals surface area contributed by atoms with Gasteiger partial charge in [-0.3, -0.25) is 9.59 Å². The minimum absolute atomic E-state index is 0.000121. The summed E-state index contributed by atoms with van der Waals surface area (Å²) in [6, 6.07) is 11.3. The molecule has 2 aromatic rings. The summed E-state index contributed by atoms with van der Waals surface area (Å²) >= 11 is 13.5. The van der Waals surface area contributed by atoms with Crippen LogP contribution in [0.1, 0.15) is 56.0 Å². The summed E-state index contributed by atoms with van der Waals surface area (Å²) in [5.41, 5.74) is 2.65. The maximum atomic E-state index is 13.4. The first-order chi connectivity index (χ1) is 20.0. The van der Waals surface area contributed by atoms with E-state index in [4.69, 9.17) is 32.7 Å². The van der Waals surface area contributed by atoms with Gasteiger partial charge in [0.1, 0.15) is 5.60 Å². The minimum atomic E-state index is -0.527. The first-order valence-corrected chi connectivity index (χ1v) is 15.5. The Hall–Kier alpha value is -2.81. The Morgan fingerprint density at radius 1 is 0.881 bits per heavy atom. The summed E-state index contributed by atoms with van der Waals surface area (Å²) < 4.78 is 10.8. The van der Waals surface area contributed by atoms with Gasteiger partial charge in [0.15, 0.2) is 0 Å². The average Bonchev–Trinajstić information content (AvgIpc) is 3.33. The second-order valence-electron chi connectivity index (χ2n) is 12.3. The Morgan fingerprint density at radius 3 is 2.10 bits per heavy atom. The molecule has 2 aromatic carbocycles. The normalized spacial score (nSPS) is 20.3. The predicted octanol–water partition coefficient (Wildman–Crippen LogP) is 5.92. The maximum absolute atomic E-state index is 13.4. The molecule has 0 aromatic heterocycles. The first kappa shape index (κ1) is 30.6. The van der Waals surface area contributed by atoms with E-state index in [-0.39, 0.29) is 29.9 Å². The molecule has 0 N–H and O–H groups in total. The smallest absolute Gasteiger partial charge is 0.410 e. The molecule has 10 heteroatoms. The van der Waals surface area contributed by atoms with Crippen LogP contribution in [0.4, 0.5) is 4.79 Å². The number of carbonyl (C=O) groups excluding carboxylic acids is 3. The van der Waals surface area contributed by atoms with E-state index in [9.17, 15) is 14.4 Å². The Balaban J connectivity index is 1.19. The van der Waals surface area contributed by atoms with Crippen LogP contribution in [-0.4, -0.2) is 90.2 Å². The number of carbonyl (C=O) groups is 3. The van der Waals surface area contributed by atoms with E-state index >= 15 is 0 Å². The predicted molar refractivity (Wildman–Crippen MR) is 163 cm³/mol. The molecule has 0 saturated carbocycles. The van der Waals surface area contributed by atoms with Crippen molar-refractivity contribution in [1.82, 2.24) is 14.7 Å². The van der Waals surface area contributed by atoms with Gasteiger partial charge in [0.05, 0.1) is 13.2 Å². The molecule has 3 heterocycles. The molecule has 3 amide bonds. The van der Waals surface area contributed by atoms with E-state index in [1.54, 1.807) is 9.80 Å². The third kappa shape index (κ3) is 7.04. The van der Waals surface area contributed by atoms with E-state index in [0.717, 1.165) is 36.0 Å². The molecule has 1 atom stereocenters. The van der Waals surface area contributed by atoms with Crippen LogP contribution in [0.25, 0.3) is 11.1 Å². The van der Waals surface area contributed by atoms with E-state index in [1.165, 1.54) is 0 Å². The highest BCUT2D eigenvalue weighted by Gasteiger charge is 2.38. The SMILES string of the molecule is CC(C)(C)OC(=O)N1CCC(N2CC[C@@H](Cc3c(Cl)cc(-c4ccc(C(=O)N5CCOCC5)cc4)cc3Cl)C2=O)CC1. The number of piperidine rings is 1. The van der Waals surface area contributed by atoms with Gasteiger partial charge in [0.2, 0.25) is 5.91 Å². The molecule has 0 aliphatic carbocycles. The molecule has 8 nitrogen and oxygen atoms in total. The quantitative estimate of drug-likeness (QED) is 0.417. The molecule has 3 aliphatic rings. The number of hydrogen-bond donors (Lipinski definition) is 0. The molecule has 42 heavy (non-hydrogen) atoms. The lowest BCUT2D eigenvalue weighted by molar-refractivity contribution is -0.133. The summed E-state index contributed by atoms with van der Waals surface area (Å²) in [6.45, 7) is 9.76. The second-order valence-corrected chi connectivity index (χ2v) is 13.1. The number of morpholine rings is 1. The zero-order chi connectivity index (χ0) is 30.0. The van der Waals surface area contributed by atoms with Gasteiger partial charge >= 0.3 is 6.09 Å². The number of rotatable bonds is 5. The molecule has 3 saturated heterocycles. The fourth-order valence-corrected chi connectivity index (χ4v) is 6.61. The van der Waals surface area contributed by atoms with Gasteiger partial charge in [-0.05, 0) is 87.4 Å². The van der Waals surface area contributed by atoms with Gasteiger partial charge in [0.25, 0.3) is 5.91 Å². The lowest BCUT2D eigenvalue weighted by atomic mass is 9.95. The fourth-order valence-electron chi connectivity index (χ4n) is 5.97. The van der Waals surface area contributed by atoms with Crippen molar-refractivity contribution in [3.63, 3.8) is 0 Å². The van der Waals surface area contributed by atoms with Crippen molar-refractivity contribution < 1.29 is 23.9 Å². The van der Waals surface area contributed by atoms with E-state index in [1.807, 2.05) is 62.1 Å². The Kier molecular flexibility index (Phi) is 9.35. The van der Waals surface area contributed by atoms with E-state index < -0.39 is 5.60 Å². The third-order valence-corrected chi connectivity index (χ3v) is 8.94. The Morgan fingerprint density at radius 2 is 1.50 bits per heavy atom. The molecular weight excluding hydrogens is 577 g/mol. The molecule has 0 spiro atoms. The minimum Gasteiger partial charge on any atom is -0.444 e. The summed E-state index contributed by atoms with van der Waals surface area (Å²) in [6.07, 6.45) is 2.42. The van der Waals surface area contributed by atoms with Crippen molar-refractivity contribution in [2.24, 2.45) is 5.92 Å². The van der Waals surface area contributed by atoms with Crippen LogP contribution in [-0.2, 0) is 20.7 Å². The van der Waals surface area contributed by atoms with Crippen LogP contribution in [0.5, 0.6) is 0 Å². The summed E-state index contributed by atoms with van der Waals surface area (Å²) in [7, 11) is 0. The average molecular weight is 617 g/mol. The van der Waals surface area contributed by atoms with Gasteiger partial charge in [-0.25, -0.2) is 4.79 Å². The molecule has 3 fully saturated rings. The van der Waals surface area contributed by atoms with Gasteiger partial charge in [-0.15, -0.1) is 0 Å². The van der Waals surface area contributed by atoms with Crippen LogP contribution < -0.4 is 0 Å². The third-order valence-electron chi connectivity index (χ3n) is 8.26. The van der Waals surface area contributed by atoms with E-state index in [0.29, 0.717) is 68.0 Å². The van der Waals surface area contributed by atoms with Crippen LogP contribution >= 0.6 is 23.2 Å². The highest BCUT2D eigenvalue weighted by molar-refractivity contribution is 6.36. The van der Waals surface area contributed by atoms with Crippen molar-refractivity contribution in [3.05, 3.63) is 57.6 Å². The molecular formula is C32H39Cl2N3O5. The number of hydrogen-bond acceptors (Lipinski definition) is 5. The van der Waals surface area contributed by atoms with Crippen LogP contribution in [0.15, 0.2) is 36.4 Å². The maximum Gasteiger partial charge on any atom is 0.410 e. The van der Waals surface area contributed by atoms with Crippen molar-refractivity contribution in [1.29, 1.82) is 0 Å². The lowest BCUT2D eigenvalue weighted by Crippen LogP contribution is -2.48. The number of halogens is 2. The van der Waals surface area contributed by atoms with Gasteiger partial charge < -0.3 is 24.2 Å². The number of benzene rings is 2. The standard InChI is InChI=1S/C32H39Cl2N3O5/c1-32(2,3)42-31(40)36-11-9-25(10-12-36)37-13-8-23(30(37)39)18-26-27(33)19-24(20-28(26)34)21-4-6-22(7-5-21)29(38)35-14-16-41-17-15-35/h4-7,19-20,23,25H,8-18H2,1-3H3/t23-/m0/s1. The summed E-state index contributed by atoms with van der Waals surface area (Å²) in [5, 5.41) is 1.06. The number of amides is 3. The summed E-state index contributed by atoms with van der Waals surface area (Å²) in [5.74, 6) is -0.0530. The highest BCUT2D eigenvalue weighted by Crippen LogP contribution is 2.36. The van der Waals surface area contributed by atoms with Gasteiger partial charge in [-0.2, -0.15) is 0 Å². The topological polar surface area (TPSA) is 79.4 Å². The first-order valence-electron chi connectivity index (χ1n) is 14.7. The van der Waals surface area contributed by atoms with Crippen LogP contribution in [0.3, 0.4) is 0 Å². The largest absolute Gasteiger partial charge is 0.444 e. The number of likely N-dealkylation sites (tertiary alicyclic amines) is 2. The highest BCUT2D eigenvalue weighted by atomic mass is 35.5. The zero-order valence-electron chi connectivity index (χ0n) is 24.5. The van der Waals surface area contributed by atoms with Crippen molar-refractivity contribution in [2.45, 2.75) is 58.1 Å². The van der Waals surface area contributed by atoms with Crippen molar-refractivity contribution >= 4 is 41.1 Å². The van der Waals surface area contributed by atoms with Crippen LogP contribution in [0, 0.1) is 5.92 Å². The lowest BCUT2D eigenvalue weighted by Gasteiger charge is -2.37. The number of ether oxygens (including phenoxy) is 2. The molecule has 5 rings (SSSR count). The van der Waals surface area contributed by atoms with Gasteiger partial charge in [-0.1, -0.05) is 35.3 Å². The zero-order valence-corrected chi connectivity index (χ0v) is 26.0. The molecule has 0 bridgehead atoms. The molecule has 3 aliphatic heterocycles. The van der Waals surface area contributed by atoms with Gasteiger partial charge in [0, 0.05) is 60.3 Å². The Bertz CT molecular complexity index is 1290. The van der Waals surface area contributed by atoms with E-state index in [2.05, 4.69) is 0 Å². The summed E-state index contributed by atoms with van der Waals surface area (Å²) in [4.78, 5) is 44.1.